The molecule has 0 unspecified atom stereocenters. The predicted molar refractivity (Wildman–Crippen MR) is 108 cm³/mol. The Morgan fingerprint density at radius 3 is 2.65 bits per heavy atom. The molecule has 4 rings (SSSR count). The first kappa shape index (κ1) is 17.8. The lowest BCUT2D eigenvalue weighted by molar-refractivity contribution is 0.248. The van der Waals surface area contributed by atoms with Gasteiger partial charge in [0.25, 0.3) is 0 Å². The molecule has 0 aliphatic carbocycles. The average molecular weight is 436 g/mol. The smallest absolute Gasteiger partial charge is 0.138 e. The van der Waals surface area contributed by atoms with Gasteiger partial charge in [0, 0.05) is 60.0 Å². The number of pyridine rings is 1. The molecule has 1 aliphatic heterocycles. The summed E-state index contributed by atoms with van der Waals surface area (Å²) < 4.78 is 6.26. The van der Waals surface area contributed by atoms with E-state index < -0.39 is 0 Å². The highest BCUT2D eigenvalue weighted by molar-refractivity contribution is 9.10. The molecular weight excluding hydrogens is 416 g/mol. The van der Waals surface area contributed by atoms with Gasteiger partial charge in [-0.15, -0.1) is 0 Å². The number of aryl methyl sites for hydroxylation is 2. The summed E-state index contributed by atoms with van der Waals surface area (Å²) in [4.78, 5) is 9.32. The number of benzene rings is 1. The van der Waals surface area contributed by atoms with Crippen LogP contribution < -0.4 is 4.90 Å². The Hall–Kier alpha value is -1.63. The summed E-state index contributed by atoms with van der Waals surface area (Å²) in [6.07, 6.45) is 1.84. The van der Waals surface area contributed by atoms with Crippen LogP contribution in [0.25, 0.3) is 10.9 Å². The Labute approximate surface area is 166 Å². The van der Waals surface area contributed by atoms with Crippen molar-refractivity contribution in [1.82, 2.24) is 15.0 Å². The van der Waals surface area contributed by atoms with E-state index in [1.807, 2.05) is 26.1 Å². The highest BCUT2D eigenvalue weighted by Crippen LogP contribution is 2.33. The molecule has 7 heteroatoms. The van der Waals surface area contributed by atoms with Crippen LogP contribution in [0, 0.1) is 13.8 Å². The van der Waals surface area contributed by atoms with E-state index in [-0.39, 0.29) is 0 Å². The lowest BCUT2D eigenvalue weighted by atomic mass is 10.1. The maximum absolute atomic E-state index is 6.37. The van der Waals surface area contributed by atoms with Gasteiger partial charge in [0.1, 0.15) is 5.76 Å². The van der Waals surface area contributed by atoms with Crippen molar-refractivity contribution in [3.8, 4) is 0 Å². The van der Waals surface area contributed by atoms with Crippen LogP contribution in [0.1, 0.15) is 17.0 Å². The molecule has 1 fully saturated rings. The minimum Gasteiger partial charge on any atom is -0.368 e. The summed E-state index contributed by atoms with van der Waals surface area (Å²) in [6.45, 7) is 8.80. The standard InChI is InChI=1S/C19H20BrClN4O/c1-12-16(13(2)26-23-12)11-24-5-7-25(8-6-24)18-3-4-22-19-15(18)9-14(20)10-17(19)21/h3-4,9-10H,5-8,11H2,1-2H3. The van der Waals surface area contributed by atoms with Crippen LogP contribution in [0.15, 0.2) is 33.4 Å². The monoisotopic (exact) mass is 434 g/mol. The van der Waals surface area contributed by atoms with E-state index in [4.69, 9.17) is 16.1 Å². The van der Waals surface area contributed by atoms with Gasteiger partial charge in [-0.05, 0) is 32.0 Å². The van der Waals surface area contributed by atoms with Crippen molar-refractivity contribution in [3.63, 3.8) is 0 Å². The quantitative estimate of drug-likeness (QED) is 0.603. The molecule has 1 aliphatic rings. The first-order valence-corrected chi connectivity index (χ1v) is 9.83. The zero-order chi connectivity index (χ0) is 18.3. The van der Waals surface area contributed by atoms with Gasteiger partial charge in [0.05, 0.1) is 16.2 Å². The highest BCUT2D eigenvalue weighted by atomic mass is 79.9. The fourth-order valence-electron chi connectivity index (χ4n) is 3.54. The second kappa shape index (κ2) is 7.18. The third kappa shape index (κ3) is 3.33. The van der Waals surface area contributed by atoms with Crippen LogP contribution in [-0.4, -0.2) is 41.2 Å². The molecule has 0 N–H and O–H groups in total. The second-order valence-electron chi connectivity index (χ2n) is 6.68. The SMILES string of the molecule is Cc1noc(C)c1CN1CCN(c2ccnc3c(Cl)cc(Br)cc23)CC1. The van der Waals surface area contributed by atoms with Gasteiger partial charge in [-0.1, -0.05) is 32.7 Å². The topological polar surface area (TPSA) is 45.4 Å². The zero-order valence-corrected chi connectivity index (χ0v) is 17.1. The fourth-order valence-corrected chi connectivity index (χ4v) is 4.40. The number of anilines is 1. The van der Waals surface area contributed by atoms with Crippen molar-refractivity contribution >= 4 is 44.1 Å². The number of piperazine rings is 1. The van der Waals surface area contributed by atoms with E-state index in [0.29, 0.717) is 5.02 Å². The molecule has 0 spiro atoms. The zero-order valence-electron chi connectivity index (χ0n) is 14.8. The number of hydrogen-bond donors (Lipinski definition) is 0. The van der Waals surface area contributed by atoms with Gasteiger partial charge in [0.15, 0.2) is 0 Å². The van der Waals surface area contributed by atoms with E-state index >= 15 is 0 Å². The largest absolute Gasteiger partial charge is 0.368 e. The van der Waals surface area contributed by atoms with E-state index in [1.165, 1.54) is 11.3 Å². The molecule has 3 aromatic rings. The predicted octanol–water partition coefficient (Wildman–Crippen LogP) is 4.58. The van der Waals surface area contributed by atoms with Gasteiger partial charge in [-0.25, -0.2) is 0 Å². The fraction of sp³-hybridized carbons (Fsp3) is 0.368. The lowest BCUT2D eigenvalue weighted by Gasteiger charge is -2.36. The van der Waals surface area contributed by atoms with Gasteiger partial charge in [-0.2, -0.15) is 0 Å². The highest BCUT2D eigenvalue weighted by Gasteiger charge is 2.21. The minimum absolute atomic E-state index is 0.674. The van der Waals surface area contributed by atoms with E-state index in [9.17, 15) is 0 Å². The van der Waals surface area contributed by atoms with E-state index in [2.05, 4.69) is 48.0 Å². The van der Waals surface area contributed by atoms with E-state index in [0.717, 1.165) is 59.6 Å². The molecule has 0 amide bonds. The summed E-state index contributed by atoms with van der Waals surface area (Å²) in [5.74, 6) is 0.921. The minimum atomic E-state index is 0.674. The molecule has 0 bridgehead atoms. The van der Waals surface area contributed by atoms with E-state index in [1.54, 1.807) is 0 Å². The number of halogens is 2. The number of hydrogen-bond acceptors (Lipinski definition) is 5. The summed E-state index contributed by atoms with van der Waals surface area (Å²) in [6, 6.07) is 6.07. The number of nitrogens with zero attached hydrogens (tertiary/aromatic N) is 4. The molecule has 5 nitrogen and oxygen atoms in total. The van der Waals surface area contributed by atoms with Crippen LogP contribution in [0.3, 0.4) is 0 Å². The summed E-state index contributed by atoms with van der Waals surface area (Å²) >= 11 is 9.92. The first-order valence-electron chi connectivity index (χ1n) is 8.66. The number of fused-ring (bicyclic) bond motifs is 1. The maximum Gasteiger partial charge on any atom is 0.138 e. The number of aromatic nitrogens is 2. The van der Waals surface area contributed by atoms with Crippen molar-refractivity contribution in [3.05, 3.63) is 50.9 Å². The number of rotatable bonds is 3. The third-order valence-corrected chi connectivity index (χ3v) is 5.76. The average Bonchev–Trinajstić information content (AvgIpc) is 2.94. The van der Waals surface area contributed by atoms with Crippen molar-refractivity contribution in [2.24, 2.45) is 0 Å². The first-order chi connectivity index (χ1) is 12.5. The summed E-state index contributed by atoms with van der Waals surface area (Å²) in [5, 5.41) is 5.82. The summed E-state index contributed by atoms with van der Waals surface area (Å²) in [5.41, 5.74) is 4.24. The Kier molecular flexibility index (Phi) is 4.90. The van der Waals surface area contributed by atoms with Gasteiger partial charge in [0.2, 0.25) is 0 Å². The molecule has 0 saturated carbocycles. The van der Waals surface area contributed by atoms with Crippen LogP contribution in [0.5, 0.6) is 0 Å². The molecule has 1 aromatic carbocycles. The van der Waals surface area contributed by atoms with Crippen molar-refractivity contribution in [1.29, 1.82) is 0 Å². The van der Waals surface area contributed by atoms with Crippen LogP contribution in [-0.2, 0) is 6.54 Å². The van der Waals surface area contributed by atoms with Gasteiger partial charge >= 0.3 is 0 Å². The molecular formula is C19H20BrClN4O. The molecule has 26 heavy (non-hydrogen) atoms. The molecule has 3 heterocycles. The van der Waals surface area contributed by atoms with Crippen LogP contribution in [0.2, 0.25) is 5.02 Å². The van der Waals surface area contributed by atoms with Gasteiger partial charge in [-0.3, -0.25) is 9.88 Å². The molecule has 1 saturated heterocycles. The molecule has 136 valence electrons. The second-order valence-corrected chi connectivity index (χ2v) is 8.00. The molecule has 0 atom stereocenters. The third-order valence-electron chi connectivity index (χ3n) is 5.02. The van der Waals surface area contributed by atoms with Crippen LogP contribution >= 0.6 is 27.5 Å². The lowest BCUT2D eigenvalue weighted by Crippen LogP contribution is -2.46. The van der Waals surface area contributed by atoms with Crippen molar-refractivity contribution in [2.75, 3.05) is 31.1 Å². The van der Waals surface area contributed by atoms with Crippen molar-refractivity contribution < 1.29 is 4.52 Å². The van der Waals surface area contributed by atoms with Crippen LogP contribution in [0.4, 0.5) is 5.69 Å². The summed E-state index contributed by atoms with van der Waals surface area (Å²) in [7, 11) is 0. The Morgan fingerprint density at radius 2 is 1.96 bits per heavy atom. The normalized spacial score (nSPS) is 15.8. The maximum atomic E-state index is 6.37. The molecule has 0 radical (unpaired) electrons. The van der Waals surface area contributed by atoms with Crippen molar-refractivity contribution in [2.45, 2.75) is 20.4 Å². The van der Waals surface area contributed by atoms with Gasteiger partial charge < -0.3 is 9.42 Å². The molecule has 2 aromatic heterocycles. The Morgan fingerprint density at radius 1 is 1.19 bits per heavy atom. The Bertz CT molecular complexity index is 931. The Balaban J connectivity index is 1.53.